The van der Waals surface area contributed by atoms with Gasteiger partial charge in [-0.1, -0.05) is 0 Å². The predicted molar refractivity (Wildman–Crippen MR) is 40.0 cm³/mol. The number of hydrogen-bond donors (Lipinski definition) is 0. The highest BCUT2D eigenvalue weighted by Crippen LogP contribution is 2.35. The minimum absolute atomic E-state index is 0.539. The number of terminal acetylenes is 1. The molecule has 11 heavy (non-hydrogen) atoms. The van der Waals surface area contributed by atoms with Crippen LogP contribution in [0.2, 0.25) is 0 Å². The molecule has 0 N–H and O–H groups in total. The van der Waals surface area contributed by atoms with E-state index in [-0.39, 0.29) is 0 Å². The third-order valence-corrected chi connectivity index (χ3v) is 2.14. The zero-order valence-corrected chi connectivity index (χ0v) is 6.32. The van der Waals surface area contributed by atoms with Gasteiger partial charge in [-0.25, -0.2) is 0 Å². The van der Waals surface area contributed by atoms with Crippen molar-refractivity contribution in [1.29, 1.82) is 0 Å². The standard InChI is InChI=1S/C9H11F2/c1-2-9(10,11)8-6-4-3-5-7-8/h1,3,8H,4-7H2. The largest absolute Gasteiger partial charge is 0.310 e. The fraction of sp³-hybridized carbons (Fsp3) is 0.667. The monoisotopic (exact) mass is 157 g/mol. The number of halogens is 2. The van der Waals surface area contributed by atoms with Gasteiger partial charge in [-0.2, -0.15) is 8.78 Å². The van der Waals surface area contributed by atoms with Crippen molar-refractivity contribution in [2.75, 3.05) is 0 Å². The van der Waals surface area contributed by atoms with E-state index in [0.717, 1.165) is 12.8 Å². The van der Waals surface area contributed by atoms with E-state index in [9.17, 15) is 8.78 Å². The summed E-state index contributed by atoms with van der Waals surface area (Å²) >= 11 is 0. The topological polar surface area (TPSA) is 0 Å². The molecule has 0 aromatic heterocycles. The fourth-order valence-electron chi connectivity index (χ4n) is 1.41. The maximum absolute atomic E-state index is 12.8. The van der Waals surface area contributed by atoms with Gasteiger partial charge in [0.25, 0.3) is 0 Å². The van der Waals surface area contributed by atoms with E-state index in [0.29, 0.717) is 12.8 Å². The van der Waals surface area contributed by atoms with Gasteiger partial charge in [0.15, 0.2) is 0 Å². The van der Waals surface area contributed by atoms with Gasteiger partial charge in [-0.15, -0.1) is 6.42 Å². The van der Waals surface area contributed by atoms with E-state index in [4.69, 9.17) is 6.42 Å². The van der Waals surface area contributed by atoms with Crippen molar-refractivity contribution in [2.24, 2.45) is 5.92 Å². The Morgan fingerprint density at radius 3 is 2.36 bits per heavy atom. The first-order chi connectivity index (χ1) is 5.17. The second kappa shape index (κ2) is 3.21. The summed E-state index contributed by atoms with van der Waals surface area (Å²) in [6.45, 7) is 0. The van der Waals surface area contributed by atoms with E-state index in [2.05, 4.69) is 0 Å². The van der Waals surface area contributed by atoms with E-state index in [1.165, 1.54) is 0 Å². The Hall–Kier alpha value is -0.580. The molecule has 0 saturated heterocycles. The van der Waals surface area contributed by atoms with Crippen molar-refractivity contribution < 1.29 is 8.78 Å². The van der Waals surface area contributed by atoms with Crippen LogP contribution in [-0.4, -0.2) is 5.92 Å². The van der Waals surface area contributed by atoms with Crippen LogP contribution in [0.25, 0.3) is 0 Å². The lowest BCUT2D eigenvalue weighted by molar-refractivity contribution is -0.0105. The van der Waals surface area contributed by atoms with Gasteiger partial charge in [-0.3, -0.25) is 0 Å². The summed E-state index contributed by atoms with van der Waals surface area (Å²) in [5, 5.41) is 0. The van der Waals surface area contributed by atoms with Crippen molar-refractivity contribution in [3.8, 4) is 12.3 Å². The Labute approximate surface area is 66.0 Å². The average molecular weight is 157 g/mol. The SMILES string of the molecule is C#CC(F)(F)C1CC[CH]CC1. The van der Waals surface area contributed by atoms with Gasteiger partial charge in [0.1, 0.15) is 0 Å². The first kappa shape index (κ1) is 8.52. The molecule has 0 spiro atoms. The molecule has 1 fully saturated rings. The zero-order valence-electron chi connectivity index (χ0n) is 6.32. The Morgan fingerprint density at radius 2 is 1.91 bits per heavy atom. The second-order valence-electron chi connectivity index (χ2n) is 2.91. The van der Waals surface area contributed by atoms with Gasteiger partial charge in [0.05, 0.1) is 0 Å². The highest BCUT2D eigenvalue weighted by atomic mass is 19.3. The van der Waals surface area contributed by atoms with Crippen LogP contribution in [0, 0.1) is 24.7 Å². The summed E-state index contributed by atoms with van der Waals surface area (Å²) in [6.07, 6.45) is 9.41. The minimum atomic E-state index is -2.88. The molecule has 1 saturated carbocycles. The Morgan fingerprint density at radius 1 is 1.36 bits per heavy atom. The fourth-order valence-corrected chi connectivity index (χ4v) is 1.41. The molecule has 0 nitrogen and oxygen atoms in total. The lowest BCUT2D eigenvalue weighted by Gasteiger charge is -2.25. The summed E-state index contributed by atoms with van der Waals surface area (Å²) in [6, 6.07) is 0. The third kappa shape index (κ3) is 1.92. The van der Waals surface area contributed by atoms with Crippen molar-refractivity contribution in [2.45, 2.75) is 31.6 Å². The van der Waals surface area contributed by atoms with E-state index < -0.39 is 11.8 Å². The number of rotatable bonds is 1. The van der Waals surface area contributed by atoms with E-state index >= 15 is 0 Å². The molecule has 1 rings (SSSR count). The Kier molecular flexibility index (Phi) is 2.49. The first-order valence-corrected chi connectivity index (χ1v) is 3.84. The van der Waals surface area contributed by atoms with Gasteiger partial charge < -0.3 is 0 Å². The van der Waals surface area contributed by atoms with Gasteiger partial charge in [0, 0.05) is 5.92 Å². The lowest BCUT2D eigenvalue weighted by atomic mass is 9.85. The van der Waals surface area contributed by atoms with Crippen LogP contribution >= 0.6 is 0 Å². The molecule has 0 unspecified atom stereocenters. The average Bonchev–Trinajstić information content (AvgIpc) is 2.06. The molecule has 0 aromatic carbocycles. The van der Waals surface area contributed by atoms with Crippen molar-refractivity contribution in [1.82, 2.24) is 0 Å². The zero-order chi connectivity index (χ0) is 8.32. The molecule has 61 valence electrons. The van der Waals surface area contributed by atoms with Crippen LogP contribution in [0.4, 0.5) is 8.78 Å². The molecule has 0 amide bonds. The van der Waals surface area contributed by atoms with Crippen molar-refractivity contribution in [3.63, 3.8) is 0 Å². The number of alkyl halides is 2. The van der Waals surface area contributed by atoms with Crippen molar-refractivity contribution >= 4 is 0 Å². The van der Waals surface area contributed by atoms with Crippen LogP contribution in [0.3, 0.4) is 0 Å². The Balaban J connectivity index is 2.52. The van der Waals surface area contributed by atoms with Crippen LogP contribution in [-0.2, 0) is 0 Å². The van der Waals surface area contributed by atoms with Gasteiger partial charge in [-0.05, 0) is 38.0 Å². The molecule has 1 aliphatic rings. The first-order valence-electron chi connectivity index (χ1n) is 3.84. The molecule has 2 heteroatoms. The molecular weight excluding hydrogens is 146 g/mol. The summed E-state index contributed by atoms with van der Waals surface area (Å²) in [4.78, 5) is 0. The summed E-state index contributed by atoms with van der Waals surface area (Å²) in [5.41, 5.74) is 0. The quantitative estimate of drug-likeness (QED) is 0.513. The summed E-state index contributed by atoms with van der Waals surface area (Å²) < 4.78 is 25.6. The maximum Gasteiger partial charge on any atom is 0.310 e. The third-order valence-electron chi connectivity index (χ3n) is 2.14. The van der Waals surface area contributed by atoms with Crippen LogP contribution < -0.4 is 0 Å². The van der Waals surface area contributed by atoms with Crippen LogP contribution in [0.5, 0.6) is 0 Å². The number of hydrogen-bond acceptors (Lipinski definition) is 0. The van der Waals surface area contributed by atoms with Crippen molar-refractivity contribution in [3.05, 3.63) is 6.42 Å². The Bertz CT molecular complexity index is 161. The highest BCUT2D eigenvalue weighted by molar-refractivity contribution is 5.05. The molecule has 0 heterocycles. The molecule has 0 aromatic rings. The molecule has 0 aliphatic heterocycles. The van der Waals surface area contributed by atoms with E-state index in [1.54, 1.807) is 5.92 Å². The molecular formula is C9H11F2. The molecule has 1 aliphatic carbocycles. The maximum atomic E-state index is 12.8. The lowest BCUT2D eigenvalue weighted by Crippen LogP contribution is -2.28. The minimum Gasteiger partial charge on any atom is -0.192 e. The summed E-state index contributed by atoms with van der Waals surface area (Å²) in [5.74, 6) is -1.90. The van der Waals surface area contributed by atoms with Crippen LogP contribution in [0.15, 0.2) is 0 Å². The molecule has 0 atom stereocenters. The second-order valence-corrected chi connectivity index (χ2v) is 2.91. The molecule has 1 radical (unpaired) electrons. The predicted octanol–water partition coefficient (Wildman–Crippen LogP) is 2.65. The summed E-state index contributed by atoms with van der Waals surface area (Å²) in [7, 11) is 0. The van der Waals surface area contributed by atoms with Crippen LogP contribution in [0.1, 0.15) is 25.7 Å². The van der Waals surface area contributed by atoms with E-state index in [1.807, 2.05) is 6.42 Å². The normalized spacial score (nSPS) is 21.2. The molecule has 0 bridgehead atoms. The van der Waals surface area contributed by atoms with Gasteiger partial charge in [0.2, 0.25) is 0 Å². The smallest absolute Gasteiger partial charge is 0.192 e. The highest BCUT2D eigenvalue weighted by Gasteiger charge is 2.37. The van der Waals surface area contributed by atoms with Gasteiger partial charge >= 0.3 is 5.92 Å².